The standard InChI is InChI=1S/C18H15F2NO4/c1-23-10-6-7-11(15(8-10)24-2)17-12(9-22)18(25-21-17)16-13(19)4-3-5-14(16)20/h3-8,22H,9H2,1-2H3. The summed E-state index contributed by atoms with van der Waals surface area (Å²) in [5.74, 6) is -0.790. The molecule has 0 bridgehead atoms. The largest absolute Gasteiger partial charge is 0.497 e. The molecule has 7 heteroatoms. The van der Waals surface area contributed by atoms with E-state index in [2.05, 4.69) is 5.16 Å². The lowest BCUT2D eigenvalue weighted by molar-refractivity contribution is 0.281. The minimum Gasteiger partial charge on any atom is -0.497 e. The number of halogens is 2. The molecule has 1 heterocycles. The molecule has 0 aliphatic rings. The Labute approximate surface area is 142 Å². The Bertz CT molecular complexity index is 888. The van der Waals surface area contributed by atoms with Crippen LogP contribution < -0.4 is 9.47 Å². The summed E-state index contributed by atoms with van der Waals surface area (Å²) in [6.07, 6.45) is 0. The summed E-state index contributed by atoms with van der Waals surface area (Å²) in [5, 5.41) is 13.6. The molecular formula is C18H15F2NO4. The third-order valence-electron chi connectivity index (χ3n) is 3.80. The molecule has 1 N–H and O–H groups in total. The molecule has 0 aliphatic heterocycles. The molecule has 0 atom stereocenters. The van der Waals surface area contributed by atoms with Crippen LogP contribution in [0.2, 0.25) is 0 Å². The van der Waals surface area contributed by atoms with Crippen molar-refractivity contribution >= 4 is 0 Å². The topological polar surface area (TPSA) is 64.7 Å². The second kappa shape index (κ2) is 6.90. The lowest BCUT2D eigenvalue weighted by Crippen LogP contribution is -1.95. The summed E-state index contributed by atoms with van der Waals surface area (Å²) >= 11 is 0. The fourth-order valence-corrected chi connectivity index (χ4v) is 2.57. The molecule has 0 spiro atoms. The summed E-state index contributed by atoms with van der Waals surface area (Å²) in [6.45, 7) is -0.517. The van der Waals surface area contributed by atoms with Gasteiger partial charge in [-0.1, -0.05) is 11.2 Å². The maximum Gasteiger partial charge on any atom is 0.178 e. The molecule has 5 nitrogen and oxygen atoms in total. The van der Waals surface area contributed by atoms with Gasteiger partial charge in [-0.15, -0.1) is 0 Å². The fraction of sp³-hybridized carbons (Fsp3) is 0.167. The Morgan fingerprint density at radius 1 is 1.08 bits per heavy atom. The van der Waals surface area contributed by atoms with Crippen LogP contribution in [0.25, 0.3) is 22.6 Å². The quantitative estimate of drug-likeness (QED) is 0.761. The van der Waals surface area contributed by atoms with E-state index in [0.29, 0.717) is 17.1 Å². The maximum absolute atomic E-state index is 14.1. The van der Waals surface area contributed by atoms with E-state index in [1.165, 1.54) is 20.3 Å². The predicted molar refractivity (Wildman–Crippen MR) is 86.3 cm³/mol. The number of methoxy groups -OCH3 is 2. The zero-order chi connectivity index (χ0) is 18.0. The van der Waals surface area contributed by atoms with Gasteiger partial charge in [-0.25, -0.2) is 8.78 Å². The Hall–Kier alpha value is -2.93. The summed E-state index contributed by atoms with van der Waals surface area (Å²) in [4.78, 5) is 0. The molecule has 3 rings (SSSR count). The van der Waals surface area contributed by atoms with E-state index in [1.54, 1.807) is 18.2 Å². The molecule has 1 aromatic heterocycles. The van der Waals surface area contributed by atoms with E-state index in [4.69, 9.17) is 14.0 Å². The van der Waals surface area contributed by atoms with Crippen molar-refractivity contribution in [2.45, 2.75) is 6.61 Å². The SMILES string of the molecule is COc1ccc(-c2noc(-c3c(F)cccc3F)c2CO)c(OC)c1. The number of hydrogen-bond acceptors (Lipinski definition) is 5. The van der Waals surface area contributed by atoms with Gasteiger partial charge in [-0.2, -0.15) is 0 Å². The van der Waals surface area contributed by atoms with Gasteiger partial charge in [-0.05, 0) is 24.3 Å². The molecule has 0 saturated heterocycles. The van der Waals surface area contributed by atoms with Gasteiger partial charge in [0.05, 0.1) is 32.0 Å². The van der Waals surface area contributed by atoms with E-state index in [-0.39, 0.29) is 22.6 Å². The van der Waals surface area contributed by atoms with Gasteiger partial charge in [0.25, 0.3) is 0 Å². The Morgan fingerprint density at radius 2 is 1.80 bits per heavy atom. The predicted octanol–water partition coefficient (Wildman–Crippen LogP) is 3.80. The first-order valence-corrected chi connectivity index (χ1v) is 7.36. The third-order valence-corrected chi connectivity index (χ3v) is 3.80. The van der Waals surface area contributed by atoms with Crippen LogP contribution in [0.3, 0.4) is 0 Å². The first-order chi connectivity index (χ1) is 12.1. The highest BCUT2D eigenvalue weighted by Crippen LogP contribution is 2.39. The first-order valence-electron chi connectivity index (χ1n) is 7.36. The number of aliphatic hydroxyl groups excluding tert-OH is 1. The van der Waals surface area contributed by atoms with E-state index >= 15 is 0 Å². The van der Waals surface area contributed by atoms with Crippen LogP contribution in [0.15, 0.2) is 40.9 Å². The number of aromatic nitrogens is 1. The molecule has 0 amide bonds. The average Bonchev–Trinajstić information content (AvgIpc) is 3.04. The summed E-state index contributed by atoms with van der Waals surface area (Å²) in [5.41, 5.74) is 0.518. The minimum absolute atomic E-state index is 0.160. The number of benzene rings is 2. The van der Waals surface area contributed by atoms with E-state index in [0.717, 1.165) is 12.1 Å². The van der Waals surface area contributed by atoms with Crippen molar-refractivity contribution in [2.24, 2.45) is 0 Å². The molecule has 130 valence electrons. The molecule has 2 aromatic carbocycles. The number of hydrogen-bond donors (Lipinski definition) is 1. The summed E-state index contributed by atoms with van der Waals surface area (Å²) < 4.78 is 43.7. The molecule has 0 aliphatic carbocycles. The highest BCUT2D eigenvalue weighted by molar-refractivity contribution is 5.77. The van der Waals surface area contributed by atoms with Gasteiger partial charge < -0.3 is 19.1 Å². The highest BCUT2D eigenvalue weighted by atomic mass is 19.1. The number of ether oxygens (including phenoxy) is 2. The van der Waals surface area contributed by atoms with E-state index < -0.39 is 18.2 Å². The number of nitrogens with zero attached hydrogens (tertiary/aromatic N) is 1. The average molecular weight is 347 g/mol. The molecule has 0 fully saturated rings. The highest BCUT2D eigenvalue weighted by Gasteiger charge is 2.25. The van der Waals surface area contributed by atoms with E-state index in [1.807, 2.05) is 0 Å². The van der Waals surface area contributed by atoms with Gasteiger partial charge in [0.1, 0.15) is 28.8 Å². The van der Waals surface area contributed by atoms with Crippen molar-refractivity contribution in [3.63, 3.8) is 0 Å². The second-order valence-electron chi connectivity index (χ2n) is 5.16. The van der Waals surface area contributed by atoms with E-state index in [9.17, 15) is 13.9 Å². The lowest BCUT2D eigenvalue weighted by atomic mass is 10.0. The Morgan fingerprint density at radius 3 is 2.40 bits per heavy atom. The summed E-state index contributed by atoms with van der Waals surface area (Å²) in [6, 6.07) is 8.43. The first kappa shape index (κ1) is 16.9. The van der Waals surface area contributed by atoms with Crippen molar-refractivity contribution in [2.75, 3.05) is 14.2 Å². The molecule has 3 aromatic rings. The molecular weight excluding hydrogens is 332 g/mol. The smallest absolute Gasteiger partial charge is 0.178 e. The van der Waals surface area contributed by atoms with Crippen molar-refractivity contribution in [1.82, 2.24) is 5.16 Å². The number of aliphatic hydroxyl groups is 1. The van der Waals surface area contributed by atoms with Gasteiger partial charge >= 0.3 is 0 Å². The van der Waals surface area contributed by atoms with Crippen LogP contribution in [-0.2, 0) is 6.61 Å². The normalized spacial score (nSPS) is 10.8. The minimum atomic E-state index is -0.806. The molecule has 25 heavy (non-hydrogen) atoms. The van der Waals surface area contributed by atoms with Crippen molar-refractivity contribution in [3.05, 3.63) is 53.6 Å². The van der Waals surface area contributed by atoms with Crippen LogP contribution >= 0.6 is 0 Å². The van der Waals surface area contributed by atoms with Gasteiger partial charge in [0, 0.05) is 11.6 Å². The second-order valence-corrected chi connectivity index (χ2v) is 5.16. The van der Waals surface area contributed by atoms with Crippen molar-refractivity contribution in [3.8, 4) is 34.1 Å². The van der Waals surface area contributed by atoms with Gasteiger partial charge in [0.2, 0.25) is 0 Å². The zero-order valence-corrected chi connectivity index (χ0v) is 13.5. The molecule has 0 unspecified atom stereocenters. The van der Waals surface area contributed by atoms with Crippen LogP contribution in [0.1, 0.15) is 5.56 Å². The van der Waals surface area contributed by atoms with Crippen molar-refractivity contribution < 1.29 is 27.9 Å². The van der Waals surface area contributed by atoms with Crippen LogP contribution in [0.5, 0.6) is 11.5 Å². The zero-order valence-electron chi connectivity index (χ0n) is 13.5. The Kier molecular flexibility index (Phi) is 4.67. The van der Waals surface area contributed by atoms with Crippen LogP contribution in [0.4, 0.5) is 8.78 Å². The van der Waals surface area contributed by atoms with Crippen LogP contribution in [-0.4, -0.2) is 24.5 Å². The fourth-order valence-electron chi connectivity index (χ4n) is 2.57. The maximum atomic E-state index is 14.1. The Balaban J connectivity index is 2.19. The monoisotopic (exact) mass is 347 g/mol. The molecule has 0 radical (unpaired) electrons. The molecule has 0 saturated carbocycles. The van der Waals surface area contributed by atoms with Crippen molar-refractivity contribution in [1.29, 1.82) is 0 Å². The number of rotatable bonds is 5. The van der Waals surface area contributed by atoms with Gasteiger partial charge in [-0.3, -0.25) is 0 Å². The third kappa shape index (κ3) is 2.94. The summed E-state index contributed by atoms with van der Waals surface area (Å²) in [7, 11) is 2.98. The van der Waals surface area contributed by atoms with Crippen LogP contribution in [0, 0.1) is 11.6 Å². The van der Waals surface area contributed by atoms with Gasteiger partial charge in [0.15, 0.2) is 5.76 Å². The lowest BCUT2D eigenvalue weighted by Gasteiger charge is -2.09.